The number of carbonyl (C=O) groups is 1. The first-order valence-corrected chi connectivity index (χ1v) is 11.2. The number of imidazole rings is 1. The smallest absolute Gasteiger partial charge is 0.239 e. The number of likely N-dealkylation sites (tertiary alicyclic amines) is 1. The van der Waals surface area contributed by atoms with Crippen LogP contribution in [0.2, 0.25) is 5.02 Å². The number of rotatable bonds is 8. The molecule has 2 heterocycles. The molecule has 1 saturated carbocycles. The summed E-state index contributed by atoms with van der Waals surface area (Å²) in [6.07, 6.45) is 13.7. The Morgan fingerprint density at radius 2 is 1.97 bits per heavy atom. The van der Waals surface area contributed by atoms with E-state index < -0.39 is 6.04 Å². The van der Waals surface area contributed by atoms with Gasteiger partial charge in [0.25, 0.3) is 0 Å². The predicted molar refractivity (Wildman–Crippen MR) is 116 cm³/mol. The average molecular weight is 415 g/mol. The summed E-state index contributed by atoms with van der Waals surface area (Å²) in [6.45, 7) is 2.66. The molecule has 6 heteroatoms. The molecule has 1 atom stereocenters. The van der Waals surface area contributed by atoms with Crippen LogP contribution in [0.3, 0.4) is 0 Å². The van der Waals surface area contributed by atoms with E-state index in [4.69, 9.17) is 17.3 Å². The molecule has 0 bridgehead atoms. The van der Waals surface area contributed by atoms with Gasteiger partial charge in [-0.2, -0.15) is 0 Å². The summed E-state index contributed by atoms with van der Waals surface area (Å²) in [6, 6.07) is 7.10. The minimum Gasteiger partial charge on any atom is -0.341 e. The Kier molecular flexibility index (Phi) is 6.26. The van der Waals surface area contributed by atoms with Crippen LogP contribution < -0.4 is 5.73 Å². The van der Waals surface area contributed by atoms with Crippen LogP contribution in [0.5, 0.6) is 0 Å². The lowest BCUT2D eigenvalue weighted by molar-refractivity contribution is -0.135. The number of aryl methyl sites for hydroxylation is 1. The highest BCUT2D eigenvalue weighted by Gasteiger charge is 2.40. The van der Waals surface area contributed by atoms with Crippen molar-refractivity contribution in [2.75, 3.05) is 13.1 Å². The fourth-order valence-corrected chi connectivity index (χ4v) is 4.80. The second-order valence-corrected chi connectivity index (χ2v) is 9.40. The number of piperidine rings is 1. The Bertz CT molecular complexity index is 793. The van der Waals surface area contributed by atoms with Crippen LogP contribution in [0.1, 0.15) is 44.1 Å². The molecule has 2 N–H and O–H groups in total. The molecule has 1 saturated heterocycles. The molecular formula is C23H31ClN4O. The van der Waals surface area contributed by atoms with Crippen LogP contribution in [-0.2, 0) is 17.8 Å². The zero-order valence-electron chi connectivity index (χ0n) is 17.0. The summed E-state index contributed by atoms with van der Waals surface area (Å²) >= 11 is 5.95. The van der Waals surface area contributed by atoms with Gasteiger partial charge in [-0.15, -0.1) is 0 Å². The van der Waals surface area contributed by atoms with Crippen LogP contribution in [0, 0.1) is 11.3 Å². The minimum absolute atomic E-state index is 0.0783. The monoisotopic (exact) mass is 414 g/mol. The first kappa shape index (κ1) is 20.4. The van der Waals surface area contributed by atoms with Crippen molar-refractivity contribution < 1.29 is 4.79 Å². The maximum Gasteiger partial charge on any atom is 0.239 e. The standard InChI is InChI=1S/C23H31ClN4O/c24-20-5-3-18(4-6-20)15-21(25)22(29)28-12-8-23(9-13-28,16-19-1-2-19)7-11-27-14-10-26-17-27/h3-6,10,14,17,19,21H,1-2,7-9,11-13,15-16,25H2. The van der Waals surface area contributed by atoms with E-state index in [1.807, 2.05) is 47.9 Å². The summed E-state index contributed by atoms with van der Waals surface area (Å²) in [5.74, 6) is 0.974. The van der Waals surface area contributed by atoms with Crippen molar-refractivity contribution in [2.24, 2.45) is 17.1 Å². The number of amides is 1. The third-order valence-electron chi connectivity index (χ3n) is 6.70. The quantitative estimate of drug-likeness (QED) is 0.712. The first-order chi connectivity index (χ1) is 14.0. The van der Waals surface area contributed by atoms with Crippen molar-refractivity contribution in [3.8, 4) is 0 Å². The number of nitrogens with zero attached hydrogens (tertiary/aromatic N) is 3. The minimum atomic E-state index is -0.488. The lowest BCUT2D eigenvalue weighted by atomic mass is 9.71. The lowest BCUT2D eigenvalue weighted by Gasteiger charge is -2.43. The number of nitrogens with two attached hydrogens (primary N) is 1. The van der Waals surface area contributed by atoms with Gasteiger partial charge in [0.2, 0.25) is 5.91 Å². The van der Waals surface area contributed by atoms with E-state index >= 15 is 0 Å². The van der Waals surface area contributed by atoms with Gasteiger partial charge in [-0.3, -0.25) is 4.79 Å². The molecule has 2 aromatic rings. The van der Waals surface area contributed by atoms with E-state index in [1.54, 1.807) is 0 Å². The normalized spacial score (nSPS) is 19.9. The molecule has 4 rings (SSSR count). The molecule has 1 aromatic carbocycles. The van der Waals surface area contributed by atoms with Crippen molar-refractivity contribution in [3.63, 3.8) is 0 Å². The Hall–Kier alpha value is -1.85. The Labute approximate surface area is 178 Å². The van der Waals surface area contributed by atoms with Gasteiger partial charge >= 0.3 is 0 Å². The van der Waals surface area contributed by atoms with Crippen LogP contribution in [0.15, 0.2) is 43.0 Å². The third kappa shape index (κ3) is 5.40. The summed E-state index contributed by atoms with van der Waals surface area (Å²) < 4.78 is 2.17. The van der Waals surface area contributed by atoms with Crippen LogP contribution in [-0.4, -0.2) is 39.5 Å². The Balaban J connectivity index is 1.32. The van der Waals surface area contributed by atoms with Gasteiger partial charge in [-0.25, -0.2) is 4.98 Å². The van der Waals surface area contributed by atoms with Crippen molar-refractivity contribution in [2.45, 2.75) is 57.5 Å². The number of halogens is 1. The molecule has 1 aliphatic heterocycles. The second-order valence-electron chi connectivity index (χ2n) is 8.96. The Morgan fingerprint density at radius 3 is 2.59 bits per heavy atom. The zero-order valence-corrected chi connectivity index (χ0v) is 17.7. The molecule has 1 unspecified atom stereocenters. The van der Waals surface area contributed by atoms with Crippen LogP contribution >= 0.6 is 11.6 Å². The molecule has 156 valence electrons. The number of carbonyl (C=O) groups excluding carboxylic acids is 1. The summed E-state index contributed by atoms with van der Waals surface area (Å²) in [5.41, 5.74) is 7.67. The van der Waals surface area contributed by atoms with E-state index in [0.717, 1.165) is 44.0 Å². The van der Waals surface area contributed by atoms with Gasteiger partial charge in [-0.1, -0.05) is 36.6 Å². The van der Waals surface area contributed by atoms with Gasteiger partial charge in [0.1, 0.15) is 0 Å². The van der Waals surface area contributed by atoms with Gasteiger partial charge < -0.3 is 15.2 Å². The van der Waals surface area contributed by atoms with Crippen LogP contribution in [0.4, 0.5) is 0 Å². The summed E-state index contributed by atoms with van der Waals surface area (Å²) in [5, 5.41) is 0.701. The van der Waals surface area contributed by atoms with Crippen molar-refractivity contribution in [1.82, 2.24) is 14.5 Å². The molecular weight excluding hydrogens is 384 g/mol. The van der Waals surface area contributed by atoms with Crippen molar-refractivity contribution in [3.05, 3.63) is 53.6 Å². The summed E-state index contributed by atoms with van der Waals surface area (Å²) in [4.78, 5) is 19.1. The largest absolute Gasteiger partial charge is 0.341 e. The fourth-order valence-electron chi connectivity index (χ4n) is 4.67. The molecule has 2 fully saturated rings. The van der Waals surface area contributed by atoms with Crippen molar-refractivity contribution in [1.29, 1.82) is 0 Å². The molecule has 5 nitrogen and oxygen atoms in total. The maximum atomic E-state index is 12.9. The Morgan fingerprint density at radius 1 is 1.24 bits per heavy atom. The zero-order chi connectivity index (χ0) is 20.3. The number of hydrogen-bond donors (Lipinski definition) is 1. The second kappa shape index (κ2) is 8.88. The summed E-state index contributed by atoms with van der Waals surface area (Å²) in [7, 11) is 0. The molecule has 1 aromatic heterocycles. The fraction of sp³-hybridized carbons (Fsp3) is 0.565. The number of aromatic nitrogens is 2. The van der Waals surface area contributed by atoms with Crippen molar-refractivity contribution >= 4 is 17.5 Å². The molecule has 29 heavy (non-hydrogen) atoms. The van der Waals surface area contributed by atoms with Gasteiger partial charge in [0.15, 0.2) is 0 Å². The average Bonchev–Trinajstić information content (AvgIpc) is 3.37. The van der Waals surface area contributed by atoms with E-state index in [-0.39, 0.29) is 5.91 Å². The highest BCUT2D eigenvalue weighted by Crippen LogP contribution is 2.48. The molecule has 2 aliphatic rings. The molecule has 1 amide bonds. The van der Waals surface area contributed by atoms with Gasteiger partial charge in [-0.05, 0) is 61.1 Å². The molecule has 0 spiro atoms. The highest BCUT2D eigenvalue weighted by atomic mass is 35.5. The third-order valence-corrected chi connectivity index (χ3v) is 6.95. The number of benzene rings is 1. The lowest BCUT2D eigenvalue weighted by Crippen LogP contribution is -2.50. The topological polar surface area (TPSA) is 64.2 Å². The van der Waals surface area contributed by atoms with E-state index in [1.165, 1.54) is 25.7 Å². The predicted octanol–water partition coefficient (Wildman–Crippen LogP) is 3.91. The van der Waals surface area contributed by atoms with E-state index in [0.29, 0.717) is 16.9 Å². The highest BCUT2D eigenvalue weighted by molar-refractivity contribution is 6.30. The van der Waals surface area contributed by atoms with Crippen LogP contribution in [0.25, 0.3) is 0 Å². The number of hydrogen-bond acceptors (Lipinski definition) is 3. The molecule has 0 radical (unpaired) electrons. The maximum absolute atomic E-state index is 12.9. The first-order valence-electron chi connectivity index (χ1n) is 10.8. The van der Waals surface area contributed by atoms with E-state index in [9.17, 15) is 4.79 Å². The van der Waals surface area contributed by atoms with Gasteiger partial charge in [0, 0.05) is 37.1 Å². The van der Waals surface area contributed by atoms with Gasteiger partial charge in [0.05, 0.1) is 12.4 Å². The molecule has 1 aliphatic carbocycles. The van der Waals surface area contributed by atoms with E-state index in [2.05, 4.69) is 9.55 Å². The SMILES string of the molecule is NC(Cc1ccc(Cl)cc1)C(=O)N1CCC(CCn2ccnc2)(CC2CC2)CC1.